The van der Waals surface area contributed by atoms with Crippen LogP contribution in [0.3, 0.4) is 0 Å². The molecule has 0 radical (unpaired) electrons. The van der Waals surface area contributed by atoms with Crippen molar-refractivity contribution in [1.82, 2.24) is 9.88 Å². The van der Waals surface area contributed by atoms with Crippen LogP contribution in [0.2, 0.25) is 0 Å². The topological polar surface area (TPSA) is 57.8 Å². The van der Waals surface area contributed by atoms with Gasteiger partial charge in [-0.25, -0.2) is 0 Å². The molecule has 0 unspecified atom stereocenters. The zero-order valence-corrected chi connectivity index (χ0v) is 12.4. The Kier molecular flexibility index (Phi) is 4.38. The van der Waals surface area contributed by atoms with Gasteiger partial charge in [-0.15, -0.1) is 0 Å². The average molecular weight is 330 g/mol. The number of benzene rings is 1. The Labute approximate surface area is 125 Å². The van der Waals surface area contributed by atoms with Gasteiger partial charge in [0.1, 0.15) is 11.6 Å². The first kappa shape index (κ1) is 14.1. The van der Waals surface area contributed by atoms with Crippen LogP contribution < -0.4 is 5.32 Å². The molecule has 0 fully saturated rings. The van der Waals surface area contributed by atoms with E-state index in [1.807, 2.05) is 53.2 Å². The summed E-state index contributed by atoms with van der Waals surface area (Å²) in [6.07, 6.45) is 3.45. The van der Waals surface area contributed by atoms with Gasteiger partial charge in [-0.1, -0.05) is 22.0 Å². The van der Waals surface area contributed by atoms with E-state index in [1.165, 1.54) is 7.05 Å². The molecule has 1 heterocycles. The van der Waals surface area contributed by atoms with Gasteiger partial charge in [-0.05, 0) is 36.4 Å². The van der Waals surface area contributed by atoms with Crippen molar-refractivity contribution in [2.45, 2.75) is 0 Å². The summed E-state index contributed by atoms with van der Waals surface area (Å²) in [7, 11) is 1.50. The van der Waals surface area contributed by atoms with E-state index in [0.717, 1.165) is 15.9 Å². The minimum absolute atomic E-state index is 0.0717. The van der Waals surface area contributed by atoms with Crippen LogP contribution in [-0.2, 0) is 4.79 Å². The summed E-state index contributed by atoms with van der Waals surface area (Å²) >= 11 is 3.43. The van der Waals surface area contributed by atoms with Crippen LogP contribution in [0, 0.1) is 11.3 Å². The molecule has 0 bridgehead atoms. The fraction of sp³-hybridized carbons (Fsp3) is 0.0667. The molecule has 0 saturated carbocycles. The highest BCUT2D eigenvalue weighted by Crippen LogP contribution is 2.19. The molecule has 1 amide bonds. The third kappa shape index (κ3) is 2.98. The van der Waals surface area contributed by atoms with Crippen LogP contribution in [0.25, 0.3) is 11.8 Å². The van der Waals surface area contributed by atoms with Crippen LogP contribution in [-0.4, -0.2) is 17.5 Å². The van der Waals surface area contributed by atoms with E-state index in [4.69, 9.17) is 5.26 Å². The van der Waals surface area contributed by atoms with E-state index < -0.39 is 5.91 Å². The maximum absolute atomic E-state index is 11.6. The molecule has 4 nitrogen and oxygen atoms in total. The first-order chi connectivity index (χ1) is 9.65. The van der Waals surface area contributed by atoms with Gasteiger partial charge in [0.15, 0.2) is 0 Å². The average Bonchev–Trinajstić information content (AvgIpc) is 2.92. The van der Waals surface area contributed by atoms with Crippen molar-refractivity contribution in [3.8, 4) is 11.8 Å². The van der Waals surface area contributed by atoms with Gasteiger partial charge in [-0.3, -0.25) is 4.79 Å². The highest BCUT2D eigenvalue weighted by Gasteiger charge is 2.08. The third-order valence-electron chi connectivity index (χ3n) is 2.75. The van der Waals surface area contributed by atoms with Gasteiger partial charge in [-0.2, -0.15) is 5.26 Å². The molecule has 0 saturated heterocycles. The molecule has 2 aromatic rings. The Morgan fingerprint density at radius 1 is 1.40 bits per heavy atom. The predicted molar refractivity (Wildman–Crippen MR) is 81.1 cm³/mol. The van der Waals surface area contributed by atoms with E-state index in [2.05, 4.69) is 21.2 Å². The van der Waals surface area contributed by atoms with Crippen molar-refractivity contribution in [1.29, 1.82) is 5.26 Å². The fourth-order valence-electron chi connectivity index (χ4n) is 1.80. The Hall–Kier alpha value is -2.32. The predicted octanol–water partition coefficient (Wildman–Crippen LogP) is 2.89. The molecule has 2 rings (SSSR count). The molecule has 1 N–H and O–H groups in total. The first-order valence-electron chi connectivity index (χ1n) is 5.93. The number of aromatic nitrogens is 1. The molecule has 1 aromatic carbocycles. The van der Waals surface area contributed by atoms with Crippen LogP contribution in [0.5, 0.6) is 0 Å². The van der Waals surface area contributed by atoms with Crippen molar-refractivity contribution in [3.63, 3.8) is 0 Å². The lowest BCUT2D eigenvalue weighted by Crippen LogP contribution is -2.19. The summed E-state index contributed by atoms with van der Waals surface area (Å²) in [5.41, 5.74) is 1.79. The maximum Gasteiger partial charge on any atom is 0.261 e. The number of carbonyl (C=O) groups is 1. The van der Waals surface area contributed by atoms with Gasteiger partial charge >= 0.3 is 0 Å². The van der Waals surface area contributed by atoms with Crippen molar-refractivity contribution < 1.29 is 4.79 Å². The number of amides is 1. The van der Waals surface area contributed by atoms with Gasteiger partial charge in [0, 0.05) is 29.1 Å². The number of hydrogen-bond acceptors (Lipinski definition) is 2. The SMILES string of the molecule is CNC(=O)/C(C#N)=C\c1cccn1-c1cccc(Br)c1. The Balaban J connectivity index is 2.46. The molecule has 0 spiro atoms. The monoisotopic (exact) mass is 329 g/mol. The van der Waals surface area contributed by atoms with E-state index in [1.54, 1.807) is 6.08 Å². The molecular weight excluding hydrogens is 318 g/mol. The minimum atomic E-state index is -0.394. The largest absolute Gasteiger partial charge is 0.354 e. The van der Waals surface area contributed by atoms with E-state index >= 15 is 0 Å². The minimum Gasteiger partial charge on any atom is -0.354 e. The summed E-state index contributed by atoms with van der Waals surface area (Å²) < 4.78 is 2.87. The fourth-order valence-corrected chi connectivity index (χ4v) is 2.19. The molecular formula is C15H12BrN3O. The number of carbonyl (C=O) groups excluding carboxylic acids is 1. The Morgan fingerprint density at radius 2 is 2.20 bits per heavy atom. The molecule has 0 aliphatic heterocycles. The van der Waals surface area contributed by atoms with Gasteiger partial charge < -0.3 is 9.88 Å². The van der Waals surface area contributed by atoms with Crippen LogP contribution >= 0.6 is 15.9 Å². The third-order valence-corrected chi connectivity index (χ3v) is 3.24. The van der Waals surface area contributed by atoms with Crippen molar-refractivity contribution in [2.24, 2.45) is 0 Å². The highest BCUT2D eigenvalue weighted by molar-refractivity contribution is 9.10. The molecule has 20 heavy (non-hydrogen) atoms. The molecule has 5 heteroatoms. The van der Waals surface area contributed by atoms with Gasteiger partial charge in [0.2, 0.25) is 0 Å². The molecule has 0 atom stereocenters. The Morgan fingerprint density at radius 3 is 2.85 bits per heavy atom. The second-order valence-electron chi connectivity index (χ2n) is 4.03. The zero-order valence-electron chi connectivity index (χ0n) is 10.8. The van der Waals surface area contributed by atoms with E-state index in [-0.39, 0.29) is 5.57 Å². The summed E-state index contributed by atoms with van der Waals surface area (Å²) in [6, 6.07) is 13.4. The molecule has 1 aromatic heterocycles. The molecule has 0 aliphatic rings. The van der Waals surface area contributed by atoms with E-state index in [0.29, 0.717) is 0 Å². The summed E-state index contributed by atoms with van der Waals surface area (Å²) in [5.74, 6) is -0.394. The second kappa shape index (κ2) is 6.22. The summed E-state index contributed by atoms with van der Waals surface area (Å²) in [4.78, 5) is 11.6. The van der Waals surface area contributed by atoms with Crippen molar-refractivity contribution in [3.05, 3.63) is 58.3 Å². The van der Waals surface area contributed by atoms with Crippen molar-refractivity contribution >= 4 is 27.9 Å². The number of hydrogen-bond donors (Lipinski definition) is 1. The second-order valence-corrected chi connectivity index (χ2v) is 4.95. The molecule has 0 aliphatic carbocycles. The Bertz CT molecular complexity index is 710. The van der Waals surface area contributed by atoms with E-state index in [9.17, 15) is 4.79 Å². The normalized spacial score (nSPS) is 10.9. The van der Waals surface area contributed by atoms with Gasteiger partial charge in [0.25, 0.3) is 5.91 Å². The van der Waals surface area contributed by atoms with Crippen molar-refractivity contribution in [2.75, 3.05) is 7.05 Å². The standard InChI is InChI=1S/C15H12BrN3O/c1-18-15(20)11(10-17)8-13-6-3-7-19(13)14-5-2-4-12(16)9-14/h2-9H,1H3,(H,18,20)/b11-8-. The number of nitrogens with zero attached hydrogens (tertiary/aromatic N) is 2. The lowest BCUT2D eigenvalue weighted by atomic mass is 10.2. The van der Waals surface area contributed by atoms with Gasteiger partial charge in [0.05, 0.1) is 0 Å². The number of likely N-dealkylation sites (N-methyl/N-ethyl adjacent to an activating group) is 1. The smallest absolute Gasteiger partial charge is 0.261 e. The number of nitrogens with one attached hydrogen (secondary N) is 1. The first-order valence-corrected chi connectivity index (χ1v) is 6.72. The molecule has 100 valence electrons. The van der Waals surface area contributed by atoms with Crippen LogP contribution in [0.15, 0.2) is 52.6 Å². The number of rotatable bonds is 3. The van der Waals surface area contributed by atoms with Crippen LogP contribution in [0.1, 0.15) is 5.69 Å². The lowest BCUT2D eigenvalue weighted by Gasteiger charge is -2.07. The maximum atomic E-state index is 11.6. The lowest BCUT2D eigenvalue weighted by molar-refractivity contribution is -0.116. The van der Waals surface area contributed by atoms with Crippen LogP contribution in [0.4, 0.5) is 0 Å². The summed E-state index contributed by atoms with van der Waals surface area (Å²) in [6.45, 7) is 0. The number of halogens is 1. The zero-order chi connectivity index (χ0) is 14.5. The summed E-state index contributed by atoms with van der Waals surface area (Å²) in [5, 5.41) is 11.5. The quantitative estimate of drug-likeness (QED) is 0.695. The number of nitriles is 1. The highest BCUT2D eigenvalue weighted by atomic mass is 79.9.